The highest BCUT2D eigenvalue weighted by Gasteiger charge is 2.26. The zero-order valence-electron chi connectivity index (χ0n) is 9.67. The van der Waals surface area contributed by atoms with E-state index in [1.165, 1.54) is 24.4 Å². The van der Waals surface area contributed by atoms with Crippen molar-refractivity contribution in [1.29, 1.82) is 0 Å². The summed E-state index contributed by atoms with van der Waals surface area (Å²) in [6.45, 7) is 9.09. The number of fused-ring (bicyclic) bond motifs is 1. The third kappa shape index (κ3) is 1.47. The summed E-state index contributed by atoms with van der Waals surface area (Å²) in [7, 11) is 0. The van der Waals surface area contributed by atoms with E-state index in [9.17, 15) is 0 Å². The average molecular weight is 192 g/mol. The third-order valence-electron chi connectivity index (χ3n) is 3.10. The lowest BCUT2D eigenvalue weighted by Gasteiger charge is -2.28. The Labute approximate surface area is 86.3 Å². The van der Waals surface area contributed by atoms with Crippen LogP contribution in [0.15, 0.2) is 6.20 Å². The summed E-state index contributed by atoms with van der Waals surface area (Å²) >= 11 is 0. The van der Waals surface area contributed by atoms with Gasteiger partial charge in [0.15, 0.2) is 0 Å². The Kier molecular flexibility index (Phi) is 2.17. The van der Waals surface area contributed by atoms with Crippen LogP contribution in [0.5, 0.6) is 0 Å². The Morgan fingerprint density at radius 1 is 1.43 bits per heavy atom. The topological polar surface area (TPSA) is 17.8 Å². The quantitative estimate of drug-likeness (QED) is 0.617. The predicted octanol–water partition coefficient (Wildman–Crippen LogP) is 3.08. The van der Waals surface area contributed by atoms with Crippen LogP contribution in [0.2, 0.25) is 0 Å². The van der Waals surface area contributed by atoms with Gasteiger partial charge in [-0.15, -0.1) is 0 Å². The van der Waals surface area contributed by atoms with Gasteiger partial charge in [0, 0.05) is 29.8 Å². The molecule has 1 aromatic rings. The molecule has 0 aromatic carbocycles. The van der Waals surface area contributed by atoms with E-state index in [1.807, 2.05) is 0 Å². The first kappa shape index (κ1) is 9.75. The molecule has 1 aromatic heterocycles. The van der Waals surface area contributed by atoms with Crippen LogP contribution in [0.3, 0.4) is 0 Å². The summed E-state index contributed by atoms with van der Waals surface area (Å²) in [4.78, 5) is 4.54. The lowest BCUT2D eigenvalue weighted by Crippen LogP contribution is -2.23. The molecular formula is C12H20N2. The molecule has 2 heteroatoms. The van der Waals surface area contributed by atoms with E-state index in [1.54, 1.807) is 0 Å². The number of rotatable bonds is 0. The van der Waals surface area contributed by atoms with Crippen molar-refractivity contribution in [3.8, 4) is 0 Å². The van der Waals surface area contributed by atoms with Crippen LogP contribution in [-0.4, -0.2) is 9.55 Å². The Morgan fingerprint density at radius 2 is 2.14 bits per heavy atom. The van der Waals surface area contributed by atoms with Gasteiger partial charge in [-0.25, -0.2) is 4.98 Å². The Bertz CT molecular complexity index is 331. The first-order chi connectivity index (χ1) is 6.50. The van der Waals surface area contributed by atoms with Gasteiger partial charge in [-0.2, -0.15) is 0 Å². The molecule has 1 aliphatic heterocycles. The third-order valence-corrected chi connectivity index (χ3v) is 3.10. The molecule has 2 nitrogen and oxygen atoms in total. The van der Waals surface area contributed by atoms with Crippen molar-refractivity contribution in [2.45, 2.75) is 58.4 Å². The first-order valence-electron chi connectivity index (χ1n) is 5.57. The molecule has 0 saturated carbocycles. The largest absolute Gasteiger partial charge is 0.329 e. The van der Waals surface area contributed by atoms with E-state index in [0.29, 0.717) is 6.04 Å². The number of aryl methyl sites for hydroxylation is 1. The maximum Gasteiger partial charge on any atom is 0.109 e. The van der Waals surface area contributed by atoms with Crippen LogP contribution < -0.4 is 0 Å². The SMILES string of the molecule is CC1CCCc2ncc(C(C)(C)C)n21. The van der Waals surface area contributed by atoms with Gasteiger partial charge in [-0.3, -0.25) is 0 Å². The van der Waals surface area contributed by atoms with Crippen molar-refractivity contribution >= 4 is 0 Å². The second-order valence-corrected chi connectivity index (χ2v) is 5.42. The molecule has 78 valence electrons. The Morgan fingerprint density at radius 3 is 2.79 bits per heavy atom. The highest BCUT2D eigenvalue weighted by atomic mass is 15.1. The molecule has 14 heavy (non-hydrogen) atoms. The molecule has 0 spiro atoms. The van der Waals surface area contributed by atoms with Crippen molar-refractivity contribution in [3.05, 3.63) is 17.7 Å². The second kappa shape index (κ2) is 3.11. The number of imidazole rings is 1. The molecule has 0 saturated heterocycles. The molecule has 1 atom stereocenters. The van der Waals surface area contributed by atoms with Crippen molar-refractivity contribution < 1.29 is 0 Å². The summed E-state index contributed by atoms with van der Waals surface area (Å²) < 4.78 is 2.45. The summed E-state index contributed by atoms with van der Waals surface area (Å²) in [5, 5.41) is 0. The second-order valence-electron chi connectivity index (χ2n) is 5.42. The highest BCUT2D eigenvalue weighted by molar-refractivity contribution is 5.17. The molecule has 0 N–H and O–H groups in total. The molecule has 0 radical (unpaired) electrons. The Balaban J connectivity index is 2.49. The van der Waals surface area contributed by atoms with Gasteiger partial charge in [0.25, 0.3) is 0 Å². The molecule has 0 amide bonds. The van der Waals surface area contributed by atoms with Gasteiger partial charge >= 0.3 is 0 Å². The average Bonchev–Trinajstić information content (AvgIpc) is 2.47. The number of aromatic nitrogens is 2. The molecule has 0 aliphatic carbocycles. The van der Waals surface area contributed by atoms with Crippen LogP contribution in [0, 0.1) is 0 Å². The lowest BCUT2D eigenvalue weighted by atomic mass is 9.91. The van der Waals surface area contributed by atoms with Crippen molar-refractivity contribution in [1.82, 2.24) is 9.55 Å². The van der Waals surface area contributed by atoms with Gasteiger partial charge in [0.1, 0.15) is 5.82 Å². The van der Waals surface area contributed by atoms with Gasteiger partial charge in [-0.05, 0) is 19.8 Å². The number of hydrogen-bond acceptors (Lipinski definition) is 1. The fourth-order valence-corrected chi connectivity index (χ4v) is 2.32. The fraction of sp³-hybridized carbons (Fsp3) is 0.750. The minimum atomic E-state index is 0.219. The van der Waals surface area contributed by atoms with Crippen LogP contribution in [0.4, 0.5) is 0 Å². The summed E-state index contributed by atoms with van der Waals surface area (Å²) in [6.07, 6.45) is 5.81. The van der Waals surface area contributed by atoms with Crippen LogP contribution in [0.25, 0.3) is 0 Å². The minimum Gasteiger partial charge on any atom is -0.329 e. The van der Waals surface area contributed by atoms with Crippen LogP contribution in [0.1, 0.15) is 58.1 Å². The van der Waals surface area contributed by atoms with E-state index < -0.39 is 0 Å². The Hall–Kier alpha value is -0.790. The molecule has 1 aliphatic rings. The van der Waals surface area contributed by atoms with Crippen molar-refractivity contribution in [2.24, 2.45) is 0 Å². The van der Waals surface area contributed by atoms with Crippen LogP contribution in [-0.2, 0) is 11.8 Å². The first-order valence-corrected chi connectivity index (χ1v) is 5.57. The molecular weight excluding hydrogens is 172 g/mol. The fourth-order valence-electron chi connectivity index (χ4n) is 2.32. The zero-order valence-corrected chi connectivity index (χ0v) is 9.67. The standard InChI is InChI=1S/C12H20N2/c1-9-6-5-7-11-13-8-10(14(9)11)12(2,3)4/h8-9H,5-7H2,1-4H3. The molecule has 1 unspecified atom stereocenters. The highest BCUT2D eigenvalue weighted by Crippen LogP contribution is 2.31. The zero-order chi connectivity index (χ0) is 10.3. The van der Waals surface area contributed by atoms with Gasteiger partial charge < -0.3 is 4.57 Å². The maximum atomic E-state index is 4.54. The molecule has 0 bridgehead atoms. The molecule has 2 heterocycles. The summed E-state index contributed by atoms with van der Waals surface area (Å²) in [6, 6.07) is 0.635. The van der Waals surface area contributed by atoms with Crippen molar-refractivity contribution in [2.75, 3.05) is 0 Å². The minimum absolute atomic E-state index is 0.219. The summed E-state index contributed by atoms with van der Waals surface area (Å²) in [5.74, 6) is 1.29. The van der Waals surface area contributed by atoms with E-state index in [0.717, 1.165) is 6.42 Å². The maximum absolute atomic E-state index is 4.54. The molecule has 2 rings (SSSR count). The van der Waals surface area contributed by atoms with Gasteiger partial charge in [0.2, 0.25) is 0 Å². The number of hydrogen-bond donors (Lipinski definition) is 0. The van der Waals surface area contributed by atoms with E-state index in [4.69, 9.17) is 0 Å². The molecule has 0 fully saturated rings. The van der Waals surface area contributed by atoms with Crippen molar-refractivity contribution in [3.63, 3.8) is 0 Å². The summed E-state index contributed by atoms with van der Waals surface area (Å²) in [5.41, 5.74) is 1.61. The van der Waals surface area contributed by atoms with Gasteiger partial charge in [0.05, 0.1) is 0 Å². The monoisotopic (exact) mass is 192 g/mol. The lowest BCUT2D eigenvalue weighted by molar-refractivity contribution is 0.389. The smallest absolute Gasteiger partial charge is 0.109 e. The normalized spacial score (nSPS) is 22.1. The van der Waals surface area contributed by atoms with E-state index >= 15 is 0 Å². The van der Waals surface area contributed by atoms with Gasteiger partial charge in [-0.1, -0.05) is 20.8 Å². The van der Waals surface area contributed by atoms with E-state index in [2.05, 4.69) is 43.4 Å². The predicted molar refractivity (Wildman–Crippen MR) is 58.6 cm³/mol. The number of nitrogens with zero attached hydrogens (tertiary/aromatic N) is 2. The van der Waals surface area contributed by atoms with Crippen LogP contribution >= 0.6 is 0 Å². The van der Waals surface area contributed by atoms with E-state index in [-0.39, 0.29) is 5.41 Å².